The van der Waals surface area contributed by atoms with Crippen LogP contribution in [-0.2, 0) is 28.5 Å². The van der Waals surface area contributed by atoms with Gasteiger partial charge < -0.3 is 33.7 Å². The number of pyridine rings is 1. The molecule has 2 bridgehead atoms. The summed E-state index contributed by atoms with van der Waals surface area (Å²) in [5.74, 6) is -1.27. The van der Waals surface area contributed by atoms with Crippen LogP contribution in [0.3, 0.4) is 0 Å². The van der Waals surface area contributed by atoms with Crippen LogP contribution < -0.4 is 0 Å². The maximum Gasteiger partial charge on any atom is 0.410 e. The van der Waals surface area contributed by atoms with Gasteiger partial charge in [-0.1, -0.05) is 45.1 Å². The number of hydrogen-bond donors (Lipinski definition) is 1. The second-order valence-corrected chi connectivity index (χ2v) is 17.8. The van der Waals surface area contributed by atoms with Gasteiger partial charge in [0.25, 0.3) is 0 Å². The summed E-state index contributed by atoms with van der Waals surface area (Å²) in [4.78, 5) is 40.5. The van der Waals surface area contributed by atoms with Crippen LogP contribution in [0.5, 0.6) is 0 Å². The Kier molecular flexibility index (Phi) is 12.8. The van der Waals surface area contributed by atoms with Gasteiger partial charge >= 0.3 is 12.1 Å². The number of halogens is 1. The number of aromatic nitrogens is 1. The Morgan fingerprint density at radius 3 is 2.61 bits per heavy atom. The summed E-state index contributed by atoms with van der Waals surface area (Å²) in [5.41, 5.74) is 1.12. The topological polar surface area (TPSA) is 132 Å². The molecule has 0 aliphatic carbocycles. The van der Waals surface area contributed by atoms with Crippen molar-refractivity contribution in [3.05, 3.63) is 58.2 Å². The van der Waals surface area contributed by atoms with Gasteiger partial charge in [0.15, 0.2) is 11.9 Å². The van der Waals surface area contributed by atoms with E-state index < -0.39 is 59.8 Å². The molecular weight excluding hydrogens is 780 g/mol. The Morgan fingerprint density at radius 2 is 1.88 bits per heavy atom. The van der Waals surface area contributed by atoms with Crippen LogP contribution in [0.25, 0.3) is 17.0 Å². The molecule has 0 radical (unpaired) electrons. The number of hydrogen-bond acceptors (Lipinski definition) is 11. The van der Waals surface area contributed by atoms with E-state index in [-0.39, 0.29) is 30.6 Å². The number of rotatable bonds is 7. The molecule has 1 aromatic carbocycles. The monoisotopic (exact) mass is 838 g/mol. The van der Waals surface area contributed by atoms with Crippen LogP contribution >= 0.6 is 15.9 Å². The summed E-state index contributed by atoms with van der Waals surface area (Å²) >= 11 is 3.53. The Morgan fingerprint density at radius 1 is 1.12 bits per heavy atom. The first-order valence-electron chi connectivity index (χ1n) is 19.9. The van der Waals surface area contributed by atoms with Gasteiger partial charge in [-0.05, 0) is 107 Å². The van der Waals surface area contributed by atoms with Gasteiger partial charge in [0.05, 0.1) is 42.5 Å². The fourth-order valence-corrected chi connectivity index (χ4v) is 9.76. The number of esters is 1. The number of amides is 1. The molecule has 4 aliphatic rings. The van der Waals surface area contributed by atoms with Crippen molar-refractivity contribution in [2.24, 2.45) is 22.7 Å². The van der Waals surface area contributed by atoms with Crippen LogP contribution in [0.4, 0.5) is 4.79 Å². The first-order valence-corrected chi connectivity index (χ1v) is 20.7. The first-order chi connectivity index (χ1) is 26.4. The highest BCUT2D eigenvalue weighted by atomic mass is 79.9. The average Bonchev–Trinajstić information content (AvgIpc) is 3.26. The van der Waals surface area contributed by atoms with E-state index in [2.05, 4.69) is 40.8 Å². The smallest absolute Gasteiger partial charge is 0.410 e. The molecule has 4 aliphatic heterocycles. The zero-order valence-electron chi connectivity index (χ0n) is 34.4. The Hall–Kier alpha value is -3.20. The summed E-state index contributed by atoms with van der Waals surface area (Å²) < 4.78 is 33.4. The van der Waals surface area contributed by atoms with Crippen molar-refractivity contribution in [1.82, 2.24) is 14.8 Å². The molecule has 0 spiro atoms. The summed E-state index contributed by atoms with van der Waals surface area (Å²) in [5, 5.41) is 12.7. The van der Waals surface area contributed by atoms with Gasteiger partial charge in [-0.2, -0.15) is 0 Å². The van der Waals surface area contributed by atoms with Gasteiger partial charge in [0.1, 0.15) is 12.2 Å². The van der Waals surface area contributed by atoms with Crippen molar-refractivity contribution in [3.63, 3.8) is 0 Å². The summed E-state index contributed by atoms with van der Waals surface area (Å²) in [7, 11) is 3.89. The Bertz CT molecular complexity index is 1870. The summed E-state index contributed by atoms with van der Waals surface area (Å²) in [6.07, 6.45) is 4.86. The van der Waals surface area contributed by atoms with Crippen molar-refractivity contribution < 1.29 is 38.4 Å². The van der Waals surface area contributed by atoms with Gasteiger partial charge in [-0.15, -0.1) is 0 Å². The molecule has 6 rings (SSSR count). The third kappa shape index (κ3) is 8.63. The number of aliphatic hydroxyl groups excluding tert-OH is 1. The Labute approximate surface area is 339 Å². The quantitative estimate of drug-likeness (QED) is 0.297. The molecule has 1 N–H and O–H groups in total. The molecule has 2 fully saturated rings. The third-order valence-electron chi connectivity index (χ3n) is 12.3. The van der Waals surface area contributed by atoms with E-state index in [0.717, 1.165) is 26.7 Å². The van der Waals surface area contributed by atoms with E-state index in [1.165, 1.54) is 0 Å². The number of fused-ring (bicyclic) bond motifs is 2. The van der Waals surface area contributed by atoms with Crippen molar-refractivity contribution in [1.29, 1.82) is 0 Å². The number of carbonyl (C=O) groups is 2. The van der Waals surface area contributed by atoms with E-state index in [1.807, 2.05) is 83.1 Å². The number of nitrogens with zero attached hydrogens (tertiary/aromatic N) is 4. The maximum atomic E-state index is 13.8. The molecule has 2 saturated heterocycles. The third-order valence-corrected chi connectivity index (χ3v) is 12.7. The second-order valence-electron chi connectivity index (χ2n) is 16.9. The highest BCUT2D eigenvalue weighted by molar-refractivity contribution is 9.10. The molecule has 0 saturated carbocycles. The lowest BCUT2D eigenvalue weighted by atomic mass is 9.74. The largest absolute Gasteiger partial charge is 0.455 e. The molecule has 13 heteroatoms. The van der Waals surface area contributed by atoms with E-state index in [1.54, 1.807) is 24.9 Å². The molecule has 12 nitrogen and oxygen atoms in total. The minimum absolute atomic E-state index is 0.125. The Balaban J connectivity index is 1.40. The van der Waals surface area contributed by atoms with E-state index in [9.17, 15) is 14.7 Å². The maximum absolute atomic E-state index is 13.8. The first kappa shape index (κ1) is 42.4. The SMILES string of the molecule is C/C1=C\[C@H](C)[C@@H](O[C@H]2O[C@@H](C)C[C@@H](N(C)C)C2O)[C@@](C)(OC/C=C/c2ccc3ncc(Br)cc3c2)C[C@@H](C)C2=NCCN3C(=O)O[C@](C)([C@@H](C)OC1=O)[C@H]3[C@H]2C. The van der Waals surface area contributed by atoms with Crippen molar-refractivity contribution >= 4 is 50.7 Å². The predicted molar refractivity (Wildman–Crippen MR) is 219 cm³/mol. The van der Waals surface area contributed by atoms with Gasteiger partial charge in [-0.3, -0.25) is 14.9 Å². The lowest BCUT2D eigenvalue weighted by Gasteiger charge is -2.47. The fraction of sp³-hybridized carbons (Fsp3) is 0.628. The number of aliphatic imine (C=N–C) groups is 1. The van der Waals surface area contributed by atoms with Crippen LogP contribution in [0.15, 0.2) is 57.7 Å². The van der Waals surface area contributed by atoms with Gasteiger partial charge in [0.2, 0.25) is 0 Å². The lowest BCUT2D eigenvalue weighted by Crippen LogP contribution is -2.59. The fourth-order valence-electron chi connectivity index (χ4n) is 9.41. The van der Waals surface area contributed by atoms with Crippen molar-refractivity contribution in [3.8, 4) is 0 Å². The number of likely N-dealkylation sites (N-methyl/N-ethyl adjacent to an activating group) is 1. The number of benzene rings is 1. The van der Waals surface area contributed by atoms with Crippen LogP contribution in [-0.4, -0.2) is 125 Å². The summed E-state index contributed by atoms with van der Waals surface area (Å²) in [6.45, 7) is 16.7. The van der Waals surface area contributed by atoms with Gasteiger partial charge in [0, 0.05) is 51.8 Å². The minimum atomic E-state index is -1.10. The highest BCUT2D eigenvalue weighted by Gasteiger charge is 2.59. The minimum Gasteiger partial charge on any atom is -0.455 e. The molecule has 5 heterocycles. The van der Waals surface area contributed by atoms with Crippen molar-refractivity contribution in [2.45, 2.75) is 122 Å². The second kappa shape index (κ2) is 17.0. The number of aliphatic hydroxyl groups is 1. The van der Waals surface area contributed by atoms with Gasteiger partial charge in [-0.25, -0.2) is 9.59 Å². The molecule has 12 atom stereocenters. The molecule has 2 aromatic rings. The van der Waals surface area contributed by atoms with E-state index >= 15 is 0 Å². The van der Waals surface area contributed by atoms with Crippen LogP contribution in [0.1, 0.15) is 73.8 Å². The van der Waals surface area contributed by atoms with E-state index in [0.29, 0.717) is 31.5 Å². The average molecular weight is 840 g/mol. The van der Waals surface area contributed by atoms with E-state index in [4.69, 9.17) is 28.7 Å². The standard InChI is InChI=1S/C43H59BrN4O8/c1-24-18-25(2)39(50)54-29(6)43(8)37-28(5)35(45-15-16-48(37)41(51)56-43)26(3)22-42(7,38(24)55-40-36(49)34(47(9)10)19-27(4)53-40)52-17-11-12-30-13-14-33-31(20-30)21-32(44)23-46-33/h11-14,18,20-21,23-24,26-29,34,36-38,40,49H,15-17,19,22H2,1-10H3/b12-11+,25-18+/t24-,26+,27-,28-,29+,34+,36?,37+,38+,40+,42-,43+/m0/s1. The summed E-state index contributed by atoms with van der Waals surface area (Å²) in [6, 6.07) is 7.54. The number of cyclic esters (lactones) is 1. The molecule has 306 valence electrons. The zero-order chi connectivity index (χ0) is 40.7. The molecule has 56 heavy (non-hydrogen) atoms. The van der Waals surface area contributed by atoms with Crippen LogP contribution in [0.2, 0.25) is 0 Å². The molecular formula is C43H59BrN4O8. The van der Waals surface area contributed by atoms with Crippen LogP contribution in [0, 0.1) is 17.8 Å². The zero-order valence-corrected chi connectivity index (χ0v) is 36.0. The molecule has 1 amide bonds. The van der Waals surface area contributed by atoms with Crippen molar-refractivity contribution in [2.75, 3.05) is 33.8 Å². The highest BCUT2D eigenvalue weighted by Crippen LogP contribution is 2.43. The lowest BCUT2D eigenvalue weighted by molar-refractivity contribution is -0.295. The molecule has 1 aromatic heterocycles. The normalized spacial score (nSPS) is 38.1. The predicted octanol–water partition coefficient (Wildman–Crippen LogP) is 6.82. The number of carbonyl (C=O) groups excluding carboxylic acids is 2. The molecule has 1 unspecified atom stereocenters. The number of ether oxygens (including phenoxy) is 5.